The van der Waals surface area contributed by atoms with Crippen LogP contribution in [0.4, 0.5) is 0 Å². The monoisotopic (exact) mass is 390 g/mol. The van der Waals surface area contributed by atoms with Crippen molar-refractivity contribution in [2.45, 2.75) is 26.4 Å². The highest BCUT2D eigenvalue weighted by molar-refractivity contribution is 6.27. The number of methoxy groups -OCH3 is 1. The Balaban J connectivity index is 3.03. The number of amides is 2. The molecule has 1 aromatic rings. The quantitative estimate of drug-likeness (QED) is 0.475. The summed E-state index contributed by atoms with van der Waals surface area (Å²) in [6.45, 7) is 4.75. The van der Waals surface area contributed by atoms with Crippen molar-refractivity contribution in [3.8, 4) is 11.5 Å². The molecule has 0 fully saturated rings. The molecule has 0 saturated heterocycles. The Bertz CT molecular complexity index is 564. The van der Waals surface area contributed by atoms with Crippen molar-refractivity contribution in [1.82, 2.24) is 10.6 Å². The molecular weight excluding hydrogens is 367 g/mol. The molecule has 0 spiro atoms. The molecule has 0 aliphatic rings. The minimum Gasteiger partial charge on any atom is -0.493 e. The summed E-state index contributed by atoms with van der Waals surface area (Å²) in [5.74, 6) is 0.333. The van der Waals surface area contributed by atoms with E-state index in [1.165, 1.54) is 0 Å². The molecule has 6 nitrogen and oxygen atoms in total. The summed E-state index contributed by atoms with van der Waals surface area (Å²) < 4.78 is 11.1. The molecule has 25 heavy (non-hydrogen) atoms. The molecule has 0 bridgehead atoms. The van der Waals surface area contributed by atoms with Crippen LogP contribution in [-0.2, 0) is 9.59 Å². The topological polar surface area (TPSA) is 76.7 Å². The Morgan fingerprint density at radius 3 is 2.16 bits per heavy atom. The van der Waals surface area contributed by atoms with E-state index in [1.807, 2.05) is 0 Å². The third-order valence-corrected chi connectivity index (χ3v) is 3.81. The number of nitrogens with one attached hydrogen (secondary N) is 2. The fourth-order valence-corrected chi connectivity index (χ4v) is 2.15. The third kappa shape index (κ3) is 7.40. The first-order valence-corrected chi connectivity index (χ1v) is 8.99. The maximum atomic E-state index is 11.6. The van der Waals surface area contributed by atoms with Gasteiger partial charge >= 0.3 is 0 Å². The van der Waals surface area contributed by atoms with Gasteiger partial charge < -0.3 is 20.1 Å². The zero-order chi connectivity index (χ0) is 18.8. The molecule has 8 heteroatoms. The highest BCUT2D eigenvalue weighted by atomic mass is 35.5. The second-order valence-electron chi connectivity index (χ2n) is 5.78. The Morgan fingerprint density at radius 2 is 1.68 bits per heavy atom. The van der Waals surface area contributed by atoms with E-state index >= 15 is 0 Å². The Morgan fingerprint density at radius 1 is 1.08 bits per heavy atom. The average Bonchev–Trinajstić information content (AvgIpc) is 2.60. The van der Waals surface area contributed by atoms with Gasteiger partial charge in [-0.2, -0.15) is 0 Å². The van der Waals surface area contributed by atoms with Crippen LogP contribution in [0.2, 0.25) is 0 Å². The second-order valence-corrected chi connectivity index (χ2v) is 6.31. The van der Waals surface area contributed by atoms with Crippen LogP contribution in [0.25, 0.3) is 0 Å². The van der Waals surface area contributed by atoms with Gasteiger partial charge in [0.05, 0.1) is 13.7 Å². The van der Waals surface area contributed by atoms with E-state index in [2.05, 4.69) is 24.5 Å². The first-order chi connectivity index (χ1) is 11.9. The van der Waals surface area contributed by atoms with Crippen LogP contribution in [0, 0.1) is 5.92 Å². The normalized spacial score (nSPS) is 10.7. The predicted octanol–water partition coefficient (Wildman–Crippen LogP) is 2.83. The molecule has 1 aromatic carbocycles. The van der Waals surface area contributed by atoms with Gasteiger partial charge in [0.2, 0.25) is 11.8 Å². The van der Waals surface area contributed by atoms with Gasteiger partial charge in [-0.15, -0.1) is 23.2 Å². The maximum Gasteiger partial charge on any atom is 0.236 e. The van der Waals surface area contributed by atoms with Crippen LogP contribution in [0.5, 0.6) is 11.5 Å². The van der Waals surface area contributed by atoms with Crippen molar-refractivity contribution in [3.05, 3.63) is 23.8 Å². The van der Waals surface area contributed by atoms with Gasteiger partial charge in [-0.3, -0.25) is 9.59 Å². The summed E-state index contributed by atoms with van der Waals surface area (Å²) in [6.07, 6.45) is 0.124. The molecule has 0 radical (unpaired) electrons. The molecule has 2 amide bonds. The van der Waals surface area contributed by atoms with Gasteiger partial charge in [0, 0.05) is 0 Å². The number of carbonyl (C=O) groups excluding carboxylic acids is 2. The van der Waals surface area contributed by atoms with Crippen molar-refractivity contribution in [2.24, 2.45) is 5.92 Å². The van der Waals surface area contributed by atoms with E-state index in [-0.39, 0.29) is 11.8 Å². The van der Waals surface area contributed by atoms with Gasteiger partial charge in [-0.25, -0.2) is 0 Å². The average molecular weight is 391 g/mol. The minimum absolute atomic E-state index is 0.221. The summed E-state index contributed by atoms with van der Waals surface area (Å²) in [5.41, 5.74) is 0.622. The SMILES string of the molecule is COc1ccc(C(NC(=O)CCl)NC(=O)CCl)cc1OCCC(C)C. The fraction of sp³-hybridized carbons (Fsp3) is 0.529. The van der Waals surface area contributed by atoms with Crippen molar-refractivity contribution in [2.75, 3.05) is 25.5 Å². The Labute approximate surface area is 158 Å². The van der Waals surface area contributed by atoms with Crippen LogP contribution in [-0.4, -0.2) is 37.3 Å². The van der Waals surface area contributed by atoms with E-state index < -0.39 is 18.0 Å². The van der Waals surface area contributed by atoms with Crippen LogP contribution < -0.4 is 20.1 Å². The third-order valence-electron chi connectivity index (χ3n) is 3.33. The highest BCUT2D eigenvalue weighted by Crippen LogP contribution is 2.30. The molecule has 2 N–H and O–H groups in total. The lowest BCUT2D eigenvalue weighted by Crippen LogP contribution is -2.42. The number of halogens is 2. The first kappa shape index (κ1) is 21.4. The molecule has 0 aliphatic carbocycles. The lowest BCUT2D eigenvalue weighted by Gasteiger charge is -2.21. The van der Waals surface area contributed by atoms with Gasteiger partial charge in [-0.1, -0.05) is 19.9 Å². The lowest BCUT2D eigenvalue weighted by atomic mass is 10.1. The molecule has 0 aromatic heterocycles. The minimum atomic E-state index is -0.768. The van der Waals surface area contributed by atoms with Crippen LogP contribution >= 0.6 is 23.2 Å². The Hall–Kier alpha value is -1.66. The van der Waals surface area contributed by atoms with Gasteiger partial charge in [0.1, 0.15) is 17.9 Å². The smallest absolute Gasteiger partial charge is 0.236 e. The van der Waals surface area contributed by atoms with E-state index in [0.29, 0.717) is 29.6 Å². The maximum absolute atomic E-state index is 11.6. The van der Waals surface area contributed by atoms with Crippen molar-refractivity contribution in [3.63, 3.8) is 0 Å². The zero-order valence-electron chi connectivity index (χ0n) is 14.6. The summed E-state index contributed by atoms with van der Waals surface area (Å²) in [5, 5.41) is 5.26. The van der Waals surface area contributed by atoms with Crippen molar-refractivity contribution >= 4 is 35.0 Å². The molecule has 0 aliphatic heterocycles. The number of benzene rings is 1. The molecule has 0 heterocycles. The van der Waals surface area contributed by atoms with Crippen molar-refractivity contribution < 1.29 is 19.1 Å². The molecule has 140 valence electrons. The van der Waals surface area contributed by atoms with Gasteiger partial charge in [0.25, 0.3) is 0 Å². The van der Waals surface area contributed by atoms with Crippen LogP contribution in [0.3, 0.4) is 0 Å². The number of rotatable bonds is 10. The number of carbonyl (C=O) groups is 2. The summed E-state index contributed by atoms with van der Waals surface area (Å²) in [6, 6.07) is 5.15. The van der Waals surface area contributed by atoms with Crippen LogP contribution in [0.15, 0.2) is 18.2 Å². The molecular formula is C17H24Cl2N2O4. The fourth-order valence-electron chi connectivity index (χ4n) is 1.99. The number of ether oxygens (including phenoxy) is 2. The Kier molecular flexibility index (Phi) is 9.45. The second kappa shape index (κ2) is 11.1. The van der Waals surface area contributed by atoms with E-state index in [4.69, 9.17) is 32.7 Å². The zero-order valence-corrected chi connectivity index (χ0v) is 16.1. The highest BCUT2D eigenvalue weighted by Gasteiger charge is 2.18. The standard InChI is InChI=1S/C17H24Cl2N2O4/c1-11(2)6-7-25-14-8-12(4-5-13(14)24-3)17(20-15(22)9-18)21-16(23)10-19/h4-5,8,11,17H,6-7,9-10H2,1-3H3,(H,20,22)(H,21,23). The summed E-state index contributed by atoms with van der Waals surface area (Å²) in [7, 11) is 1.55. The number of alkyl halides is 2. The predicted molar refractivity (Wildman–Crippen MR) is 98.4 cm³/mol. The van der Waals surface area contributed by atoms with E-state index in [1.54, 1.807) is 25.3 Å². The molecule has 1 rings (SSSR count). The van der Waals surface area contributed by atoms with Crippen molar-refractivity contribution in [1.29, 1.82) is 0 Å². The first-order valence-electron chi connectivity index (χ1n) is 7.92. The molecule has 0 atom stereocenters. The van der Waals surface area contributed by atoms with E-state index in [0.717, 1.165) is 6.42 Å². The summed E-state index contributed by atoms with van der Waals surface area (Å²) >= 11 is 11.1. The largest absolute Gasteiger partial charge is 0.493 e. The van der Waals surface area contributed by atoms with Crippen LogP contribution in [0.1, 0.15) is 32.0 Å². The number of hydrogen-bond acceptors (Lipinski definition) is 4. The van der Waals surface area contributed by atoms with Gasteiger partial charge in [0.15, 0.2) is 11.5 Å². The van der Waals surface area contributed by atoms with Gasteiger partial charge in [-0.05, 0) is 30.0 Å². The molecule has 0 saturated carbocycles. The lowest BCUT2D eigenvalue weighted by molar-refractivity contribution is -0.122. The van der Waals surface area contributed by atoms with E-state index in [9.17, 15) is 9.59 Å². The summed E-state index contributed by atoms with van der Waals surface area (Å²) in [4.78, 5) is 23.3. The molecule has 0 unspecified atom stereocenters. The number of hydrogen-bond donors (Lipinski definition) is 2.